The second-order valence-corrected chi connectivity index (χ2v) is 7.19. The first-order chi connectivity index (χ1) is 9.77. The molecule has 0 aliphatic heterocycles. The second kappa shape index (κ2) is 9.98. The quantitative estimate of drug-likeness (QED) is 0.452. The molecular formula is C11H22N2O6S2. The van der Waals surface area contributed by atoms with Gasteiger partial charge in [-0.25, -0.2) is 17.9 Å². The molecule has 0 saturated carbocycles. The highest BCUT2D eigenvalue weighted by atomic mass is 32.2. The number of hydrogen-bond acceptors (Lipinski definition) is 6. The number of carbonyl (C=O) groups is 2. The molecule has 0 spiro atoms. The van der Waals surface area contributed by atoms with E-state index >= 15 is 0 Å². The van der Waals surface area contributed by atoms with Gasteiger partial charge in [0.2, 0.25) is 15.9 Å². The zero-order valence-electron chi connectivity index (χ0n) is 12.3. The van der Waals surface area contributed by atoms with Crippen molar-refractivity contribution in [3.05, 3.63) is 0 Å². The molecule has 0 aromatic carbocycles. The standard InChI is InChI=1S/C11H22N2O6S2/c1-4-21(17,18)13-8(5-6-20-3)10(14)12-7-9(19-2)11(15)16/h8-9,13H,4-7H2,1-3H3,(H,12,14)(H,15,16). The molecule has 3 N–H and O–H groups in total. The fraction of sp³-hybridized carbons (Fsp3) is 0.818. The molecule has 0 bridgehead atoms. The third kappa shape index (κ3) is 8.24. The van der Waals surface area contributed by atoms with Crippen LogP contribution in [0.3, 0.4) is 0 Å². The van der Waals surface area contributed by atoms with Gasteiger partial charge in [0.15, 0.2) is 6.10 Å². The van der Waals surface area contributed by atoms with E-state index in [2.05, 4.69) is 14.8 Å². The lowest BCUT2D eigenvalue weighted by atomic mass is 10.2. The van der Waals surface area contributed by atoms with E-state index in [4.69, 9.17) is 5.11 Å². The number of carboxylic acids is 1. The first-order valence-electron chi connectivity index (χ1n) is 6.29. The van der Waals surface area contributed by atoms with Crippen molar-refractivity contribution < 1.29 is 27.9 Å². The van der Waals surface area contributed by atoms with Crippen LogP contribution in [-0.2, 0) is 24.3 Å². The molecule has 2 atom stereocenters. The predicted octanol–water partition coefficient (Wildman–Crippen LogP) is -0.737. The number of carbonyl (C=O) groups excluding carboxylic acids is 1. The summed E-state index contributed by atoms with van der Waals surface area (Å²) in [7, 11) is -2.30. The van der Waals surface area contributed by atoms with E-state index in [0.717, 1.165) is 0 Å². The zero-order valence-corrected chi connectivity index (χ0v) is 13.9. The smallest absolute Gasteiger partial charge is 0.334 e. The number of rotatable bonds is 11. The van der Waals surface area contributed by atoms with Crippen LogP contribution < -0.4 is 10.0 Å². The third-order valence-corrected chi connectivity index (χ3v) is 4.70. The average molecular weight is 342 g/mol. The Bertz CT molecular complexity index is 440. The van der Waals surface area contributed by atoms with Crippen molar-refractivity contribution in [1.82, 2.24) is 10.0 Å². The first-order valence-corrected chi connectivity index (χ1v) is 9.34. The van der Waals surface area contributed by atoms with E-state index < -0.39 is 34.0 Å². The first kappa shape index (κ1) is 20.2. The highest BCUT2D eigenvalue weighted by Crippen LogP contribution is 2.03. The molecule has 21 heavy (non-hydrogen) atoms. The summed E-state index contributed by atoms with van der Waals surface area (Å²) in [6.45, 7) is 1.24. The highest BCUT2D eigenvalue weighted by Gasteiger charge is 2.25. The Morgan fingerprint density at radius 3 is 2.43 bits per heavy atom. The molecule has 2 unspecified atom stereocenters. The minimum atomic E-state index is -3.52. The van der Waals surface area contributed by atoms with Crippen molar-refractivity contribution in [1.29, 1.82) is 0 Å². The number of aliphatic carboxylic acids is 1. The number of nitrogens with one attached hydrogen (secondary N) is 2. The Hall–Kier alpha value is -0.840. The van der Waals surface area contributed by atoms with E-state index in [1.807, 2.05) is 6.26 Å². The van der Waals surface area contributed by atoms with E-state index in [9.17, 15) is 18.0 Å². The average Bonchev–Trinajstić information content (AvgIpc) is 2.43. The number of carboxylic acid groups (broad SMARTS) is 1. The van der Waals surface area contributed by atoms with Gasteiger partial charge in [0.25, 0.3) is 0 Å². The van der Waals surface area contributed by atoms with Crippen molar-refractivity contribution >= 4 is 33.7 Å². The van der Waals surface area contributed by atoms with Crippen LogP contribution in [0, 0.1) is 0 Å². The Balaban J connectivity index is 4.68. The summed E-state index contributed by atoms with van der Waals surface area (Å²) in [4.78, 5) is 22.8. The molecule has 10 heteroatoms. The minimum absolute atomic E-state index is 0.133. The normalized spacial score (nSPS) is 14.4. The molecule has 0 fully saturated rings. The van der Waals surface area contributed by atoms with Gasteiger partial charge in [-0.2, -0.15) is 11.8 Å². The van der Waals surface area contributed by atoms with Gasteiger partial charge in [0.1, 0.15) is 6.04 Å². The fourth-order valence-electron chi connectivity index (χ4n) is 1.37. The number of methoxy groups -OCH3 is 1. The molecule has 0 aromatic rings. The summed E-state index contributed by atoms with van der Waals surface area (Å²) in [5.74, 6) is -1.31. The molecule has 0 saturated heterocycles. The minimum Gasteiger partial charge on any atom is -0.479 e. The lowest BCUT2D eigenvalue weighted by Crippen LogP contribution is -2.49. The maximum absolute atomic E-state index is 12.0. The summed E-state index contributed by atoms with van der Waals surface area (Å²) in [5.41, 5.74) is 0. The number of hydrogen-bond donors (Lipinski definition) is 3. The largest absolute Gasteiger partial charge is 0.479 e. The van der Waals surface area contributed by atoms with Gasteiger partial charge >= 0.3 is 5.97 Å². The molecule has 0 radical (unpaired) electrons. The van der Waals surface area contributed by atoms with Crippen LogP contribution in [0.2, 0.25) is 0 Å². The van der Waals surface area contributed by atoms with Gasteiger partial charge in [0.05, 0.1) is 12.3 Å². The van der Waals surface area contributed by atoms with Crippen molar-refractivity contribution in [2.24, 2.45) is 0 Å². The Morgan fingerprint density at radius 2 is 2.00 bits per heavy atom. The summed E-state index contributed by atoms with van der Waals surface area (Å²) >= 11 is 1.48. The van der Waals surface area contributed by atoms with Gasteiger partial charge in [-0.05, 0) is 25.4 Å². The van der Waals surface area contributed by atoms with E-state index in [-0.39, 0.29) is 12.3 Å². The van der Waals surface area contributed by atoms with Crippen LogP contribution in [0.15, 0.2) is 0 Å². The van der Waals surface area contributed by atoms with Crippen molar-refractivity contribution in [2.75, 3.05) is 31.4 Å². The summed E-state index contributed by atoms with van der Waals surface area (Å²) in [6.07, 6.45) is 0.990. The molecule has 124 valence electrons. The monoisotopic (exact) mass is 342 g/mol. The van der Waals surface area contributed by atoms with Crippen LogP contribution >= 0.6 is 11.8 Å². The molecule has 0 aliphatic rings. The van der Waals surface area contributed by atoms with Gasteiger partial charge in [-0.1, -0.05) is 0 Å². The fourth-order valence-corrected chi connectivity index (χ4v) is 2.66. The lowest BCUT2D eigenvalue weighted by molar-refractivity contribution is -0.148. The Labute approximate surface area is 129 Å². The number of sulfonamides is 1. The lowest BCUT2D eigenvalue weighted by Gasteiger charge is -2.19. The molecular weight excluding hydrogens is 320 g/mol. The summed E-state index contributed by atoms with van der Waals surface area (Å²) in [6, 6.07) is -0.922. The van der Waals surface area contributed by atoms with Crippen LogP contribution in [0.25, 0.3) is 0 Å². The maximum atomic E-state index is 12.0. The van der Waals surface area contributed by atoms with Crippen LogP contribution in [0.4, 0.5) is 0 Å². The Morgan fingerprint density at radius 1 is 1.38 bits per heavy atom. The van der Waals surface area contributed by atoms with Crippen molar-refractivity contribution in [3.8, 4) is 0 Å². The van der Waals surface area contributed by atoms with Gasteiger partial charge in [-0.15, -0.1) is 0 Å². The maximum Gasteiger partial charge on any atom is 0.334 e. The van der Waals surface area contributed by atoms with Gasteiger partial charge in [-0.3, -0.25) is 4.79 Å². The Kier molecular flexibility index (Phi) is 9.58. The van der Waals surface area contributed by atoms with Crippen LogP contribution in [0.1, 0.15) is 13.3 Å². The van der Waals surface area contributed by atoms with E-state index in [1.165, 1.54) is 25.8 Å². The number of ether oxygens (including phenoxy) is 1. The third-order valence-electron chi connectivity index (χ3n) is 2.65. The second-order valence-electron chi connectivity index (χ2n) is 4.16. The van der Waals surface area contributed by atoms with E-state index in [0.29, 0.717) is 12.2 Å². The van der Waals surface area contributed by atoms with Crippen LogP contribution in [0.5, 0.6) is 0 Å². The highest BCUT2D eigenvalue weighted by molar-refractivity contribution is 7.98. The van der Waals surface area contributed by atoms with Gasteiger partial charge < -0.3 is 15.2 Å². The molecule has 0 aromatic heterocycles. The van der Waals surface area contributed by atoms with Crippen LogP contribution in [-0.4, -0.2) is 69.0 Å². The summed E-state index contributed by atoms with van der Waals surface area (Å²) < 4.78 is 30.1. The molecule has 8 nitrogen and oxygen atoms in total. The number of thioether (sulfide) groups is 1. The molecule has 0 aliphatic carbocycles. The van der Waals surface area contributed by atoms with Crippen molar-refractivity contribution in [3.63, 3.8) is 0 Å². The van der Waals surface area contributed by atoms with Crippen molar-refractivity contribution in [2.45, 2.75) is 25.5 Å². The molecule has 1 amide bonds. The SMILES string of the molecule is CCS(=O)(=O)NC(CCSC)C(=O)NCC(OC)C(=O)O. The number of amides is 1. The topological polar surface area (TPSA) is 122 Å². The molecule has 0 rings (SSSR count). The molecule has 0 heterocycles. The van der Waals surface area contributed by atoms with E-state index in [1.54, 1.807) is 0 Å². The predicted molar refractivity (Wildman–Crippen MR) is 80.8 cm³/mol. The summed E-state index contributed by atoms with van der Waals surface area (Å²) in [5, 5.41) is 11.2. The van der Waals surface area contributed by atoms with Gasteiger partial charge in [0, 0.05) is 7.11 Å². The zero-order chi connectivity index (χ0) is 16.5.